The van der Waals surface area contributed by atoms with Crippen molar-refractivity contribution in [3.63, 3.8) is 0 Å². The molecule has 3 rings (SSSR count). The Balaban J connectivity index is 1.86. The van der Waals surface area contributed by atoms with E-state index in [1.165, 1.54) is 4.31 Å². The van der Waals surface area contributed by atoms with Gasteiger partial charge < -0.3 is 0 Å². The topological polar surface area (TPSA) is 68.1 Å². The van der Waals surface area contributed by atoms with Crippen molar-refractivity contribution in [2.45, 2.75) is 31.2 Å². The molecule has 2 aromatic rings. The zero-order valence-electron chi connectivity index (χ0n) is 12.1. The third-order valence-electron chi connectivity index (χ3n) is 3.89. The second-order valence-electron chi connectivity index (χ2n) is 5.46. The van der Waals surface area contributed by atoms with Crippen molar-refractivity contribution in [3.05, 3.63) is 41.7 Å². The molecular formula is C14H18N4O2S. The quantitative estimate of drug-likeness (QED) is 0.862. The first-order chi connectivity index (χ1) is 9.98. The summed E-state index contributed by atoms with van der Waals surface area (Å²) >= 11 is 0. The lowest BCUT2D eigenvalue weighted by molar-refractivity contribution is 0.428. The lowest BCUT2D eigenvalue weighted by Gasteiger charge is -2.18. The Morgan fingerprint density at radius 3 is 2.76 bits per heavy atom. The molecule has 1 aliphatic heterocycles. The largest absolute Gasteiger partial charge is 0.248 e. The fraction of sp³-hybridized carbons (Fsp3) is 0.429. The highest BCUT2D eigenvalue weighted by molar-refractivity contribution is 7.89. The van der Waals surface area contributed by atoms with E-state index in [1.54, 1.807) is 23.1 Å². The molecule has 0 radical (unpaired) electrons. The van der Waals surface area contributed by atoms with Crippen LogP contribution in [0.15, 0.2) is 35.5 Å². The first kappa shape index (κ1) is 14.2. The predicted molar refractivity (Wildman–Crippen MR) is 78.4 cm³/mol. The minimum Gasteiger partial charge on any atom is -0.248 e. The fourth-order valence-electron chi connectivity index (χ4n) is 2.78. The van der Waals surface area contributed by atoms with Crippen LogP contribution < -0.4 is 0 Å². The van der Waals surface area contributed by atoms with Crippen molar-refractivity contribution in [1.82, 2.24) is 19.3 Å². The Hall–Kier alpha value is -1.73. The Kier molecular flexibility index (Phi) is 3.54. The zero-order chi connectivity index (χ0) is 15.0. The van der Waals surface area contributed by atoms with Crippen LogP contribution in [0, 0.1) is 13.8 Å². The average molecular weight is 306 g/mol. The van der Waals surface area contributed by atoms with Crippen molar-refractivity contribution in [2.24, 2.45) is 0 Å². The van der Waals surface area contributed by atoms with Crippen LogP contribution in [-0.2, 0) is 10.0 Å². The highest BCUT2D eigenvalue weighted by Gasteiger charge is 2.34. The first-order valence-corrected chi connectivity index (χ1v) is 8.36. The maximum absolute atomic E-state index is 12.8. The van der Waals surface area contributed by atoms with Crippen molar-refractivity contribution in [3.8, 4) is 0 Å². The van der Waals surface area contributed by atoms with E-state index in [9.17, 15) is 8.42 Å². The molecule has 1 unspecified atom stereocenters. The van der Waals surface area contributed by atoms with Gasteiger partial charge in [0.15, 0.2) is 0 Å². The van der Waals surface area contributed by atoms with Crippen LogP contribution in [0.2, 0.25) is 0 Å². The minimum atomic E-state index is -3.44. The third kappa shape index (κ3) is 2.58. The van der Waals surface area contributed by atoms with E-state index in [2.05, 4.69) is 10.3 Å². The summed E-state index contributed by atoms with van der Waals surface area (Å²) in [5.74, 6) is 0. The standard InChI is InChI=1S/C14H18N4O2S/c1-11-3-4-14(12(2)9-11)21(19,20)17-7-5-13(10-17)18-8-6-15-16-18/h3-4,6,8-9,13H,5,7,10H2,1-2H3. The molecule has 1 aromatic carbocycles. The maximum Gasteiger partial charge on any atom is 0.243 e. The molecule has 1 fully saturated rings. The molecule has 0 N–H and O–H groups in total. The van der Waals surface area contributed by atoms with E-state index in [-0.39, 0.29) is 6.04 Å². The molecule has 0 saturated carbocycles. The maximum atomic E-state index is 12.8. The summed E-state index contributed by atoms with van der Waals surface area (Å²) in [4.78, 5) is 0.396. The van der Waals surface area contributed by atoms with Crippen LogP contribution in [0.4, 0.5) is 0 Å². The summed E-state index contributed by atoms with van der Waals surface area (Å²) in [5, 5.41) is 7.74. The summed E-state index contributed by atoms with van der Waals surface area (Å²) in [6.45, 7) is 4.75. The van der Waals surface area contributed by atoms with Crippen LogP contribution in [0.3, 0.4) is 0 Å². The molecule has 2 heterocycles. The minimum absolute atomic E-state index is 0.0630. The molecular weight excluding hydrogens is 288 g/mol. The molecule has 21 heavy (non-hydrogen) atoms. The monoisotopic (exact) mass is 306 g/mol. The van der Waals surface area contributed by atoms with Gasteiger partial charge in [-0.2, -0.15) is 4.31 Å². The normalized spacial score (nSPS) is 20.0. The van der Waals surface area contributed by atoms with Crippen molar-refractivity contribution < 1.29 is 8.42 Å². The van der Waals surface area contributed by atoms with E-state index in [4.69, 9.17) is 0 Å². The number of hydrogen-bond acceptors (Lipinski definition) is 4. The van der Waals surface area contributed by atoms with Crippen LogP contribution >= 0.6 is 0 Å². The molecule has 112 valence electrons. The van der Waals surface area contributed by atoms with Gasteiger partial charge in [-0.25, -0.2) is 13.1 Å². The summed E-state index contributed by atoms with van der Waals surface area (Å²) in [7, 11) is -3.44. The molecule has 1 saturated heterocycles. The first-order valence-electron chi connectivity index (χ1n) is 6.91. The number of benzene rings is 1. The van der Waals surface area contributed by atoms with Gasteiger partial charge in [-0.3, -0.25) is 0 Å². The summed E-state index contributed by atoms with van der Waals surface area (Å²) in [5.41, 5.74) is 1.85. The summed E-state index contributed by atoms with van der Waals surface area (Å²) in [6.07, 6.45) is 4.15. The van der Waals surface area contributed by atoms with Crippen molar-refractivity contribution in [2.75, 3.05) is 13.1 Å². The zero-order valence-corrected chi connectivity index (χ0v) is 12.9. The average Bonchev–Trinajstić information content (AvgIpc) is 3.09. The van der Waals surface area contributed by atoms with Gasteiger partial charge in [0.1, 0.15) is 0 Å². The lowest BCUT2D eigenvalue weighted by atomic mass is 10.2. The van der Waals surface area contributed by atoms with Crippen LogP contribution in [0.25, 0.3) is 0 Å². The third-order valence-corrected chi connectivity index (χ3v) is 5.91. The van der Waals surface area contributed by atoms with Gasteiger partial charge in [-0.1, -0.05) is 22.9 Å². The number of hydrogen-bond donors (Lipinski definition) is 0. The number of aryl methyl sites for hydroxylation is 2. The molecule has 0 bridgehead atoms. The van der Waals surface area contributed by atoms with E-state index in [0.29, 0.717) is 18.0 Å². The molecule has 0 spiro atoms. The molecule has 7 heteroatoms. The lowest BCUT2D eigenvalue weighted by Crippen LogP contribution is -2.30. The van der Waals surface area contributed by atoms with Gasteiger partial charge in [0.05, 0.1) is 17.1 Å². The Labute approximate surface area is 124 Å². The number of rotatable bonds is 3. The predicted octanol–water partition coefficient (Wildman–Crippen LogP) is 1.53. The summed E-state index contributed by atoms with van der Waals surface area (Å²) in [6, 6.07) is 5.50. The number of aromatic nitrogens is 3. The molecule has 1 aliphatic rings. The number of sulfonamides is 1. The molecule has 0 amide bonds. The number of nitrogens with zero attached hydrogens (tertiary/aromatic N) is 4. The van der Waals surface area contributed by atoms with Crippen molar-refractivity contribution in [1.29, 1.82) is 0 Å². The molecule has 1 atom stereocenters. The van der Waals surface area contributed by atoms with Crippen LogP contribution in [0.1, 0.15) is 23.6 Å². The second kappa shape index (κ2) is 5.23. The van der Waals surface area contributed by atoms with Crippen LogP contribution in [-0.4, -0.2) is 40.8 Å². The van der Waals surface area contributed by atoms with Gasteiger partial charge in [0, 0.05) is 19.3 Å². The Morgan fingerprint density at radius 2 is 2.10 bits per heavy atom. The smallest absolute Gasteiger partial charge is 0.243 e. The van der Waals surface area contributed by atoms with E-state index >= 15 is 0 Å². The van der Waals surface area contributed by atoms with Gasteiger partial charge in [0.2, 0.25) is 10.0 Å². The molecule has 0 aliphatic carbocycles. The van der Waals surface area contributed by atoms with Gasteiger partial charge in [0.25, 0.3) is 0 Å². The highest BCUT2D eigenvalue weighted by atomic mass is 32.2. The van der Waals surface area contributed by atoms with Gasteiger partial charge >= 0.3 is 0 Å². The SMILES string of the molecule is Cc1ccc(S(=O)(=O)N2CCC(n3ccnn3)C2)c(C)c1. The van der Waals surface area contributed by atoms with Gasteiger partial charge in [-0.15, -0.1) is 5.10 Å². The van der Waals surface area contributed by atoms with Gasteiger partial charge in [-0.05, 0) is 31.9 Å². The second-order valence-corrected chi connectivity index (χ2v) is 7.36. The Bertz CT molecular complexity index is 740. The molecule has 1 aromatic heterocycles. The highest BCUT2D eigenvalue weighted by Crippen LogP contribution is 2.28. The van der Waals surface area contributed by atoms with E-state index in [1.807, 2.05) is 26.0 Å². The van der Waals surface area contributed by atoms with E-state index < -0.39 is 10.0 Å². The van der Waals surface area contributed by atoms with Crippen LogP contribution in [0.5, 0.6) is 0 Å². The summed E-state index contributed by atoms with van der Waals surface area (Å²) < 4.78 is 28.8. The fourth-order valence-corrected chi connectivity index (χ4v) is 4.48. The Morgan fingerprint density at radius 1 is 1.29 bits per heavy atom. The van der Waals surface area contributed by atoms with E-state index in [0.717, 1.165) is 17.5 Å². The van der Waals surface area contributed by atoms with Crippen molar-refractivity contribution >= 4 is 10.0 Å². The molecule has 6 nitrogen and oxygen atoms in total.